The topological polar surface area (TPSA) is 103 Å². The van der Waals surface area contributed by atoms with E-state index in [0.29, 0.717) is 0 Å². The molecule has 8 nitrogen and oxygen atoms in total. The summed E-state index contributed by atoms with van der Waals surface area (Å²) in [5, 5.41) is 10.2. The number of aromatic nitrogens is 2. The third-order valence-corrected chi connectivity index (χ3v) is 9.81. The fourth-order valence-electron chi connectivity index (χ4n) is 2.81. The van der Waals surface area contributed by atoms with Gasteiger partial charge in [0.2, 0.25) is 0 Å². The predicted molar refractivity (Wildman–Crippen MR) is 99.8 cm³/mol. The lowest BCUT2D eigenvalue weighted by Gasteiger charge is -2.40. The largest absolute Gasteiger partial charge is 0.408 e. The lowest BCUT2D eigenvalue weighted by molar-refractivity contribution is -0.0820. The Balaban J connectivity index is 2.43. The Hall–Kier alpha value is -1.26. The van der Waals surface area contributed by atoms with Crippen LogP contribution < -0.4 is 11.2 Å². The van der Waals surface area contributed by atoms with Crippen molar-refractivity contribution < 1.29 is 19.0 Å². The van der Waals surface area contributed by atoms with Crippen LogP contribution >= 0.6 is 0 Å². The van der Waals surface area contributed by atoms with Gasteiger partial charge < -0.3 is 19.0 Å². The number of hydrogen-bond acceptors (Lipinski definition) is 6. The smallest absolute Gasteiger partial charge is 0.330 e. The number of rotatable bonds is 5. The molecule has 2 N–H and O–H groups in total. The standard InChI is InChI=1S/C17H30N2O6Si/c1-10(20)12-13(25-26(6,7)17(2,3)4)14(23-5)15(24-12)19-9-8-11(21)18-16(19)22/h8-10,12-15,20H,1-7H3,(H,18,21,22)/t10-,12+,13+,14+,15+/m0/s1. The third kappa shape index (κ3) is 4.01. The molecule has 9 heteroatoms. The Morgan fingerprint density at radius 3 is 2.38 bits per heavy atom. The summed E-state index contributed by atoms with van der Waals surface area (Å²) < 4.78 is 19.4. The van der Waals surface area contributed by atoms with Gasteiger partial charge in [-0.05, 0) is 25.1 Å². The molecule has 1 aromatic rings. The number of nitrogens with zero attached hydrogens (tertiary/aromatic N) is 1. The van der Waals surface area contributed by atoms with E-state index in [4.69, 9.17) is 13.9 Å². The summed E-state index contributed by atoms with van der Waals surface area (Å²) >= 11 is 0. The molecule has 0 bridgehead atoms. The molecule has 0 radical (unpaired) electrons. The second-order valence-corrected chi connectivity index (χ2v) is 13.0. The van der Waals surface area contributed by atoms with Gasteiger partial charge in [0.1, 0.15) is 18.3 Å². The van der Waals surface area contributed by atoms with Gasteiger partial charge in [-0.2, -0.15) is 0 Å². The fourth-order valence-corrected chi connectivity index (χ4v) is 4.11. The van der Waals surface area contributed by atoms with E-state index in [1.807, 2.05) is 0 Å². The van der Waals surface area contributed by atoms with E-state index in [1.165, 1.54) is 23.9 Å². The summed E-state index contributed by atoms with van der Waals surface area (Å²) in [6.45, 7) is 12.2. The van der Waals surface area contributed by atoms with Crippen molar-refractivity contribution >= 4 is 8.32 Å². The number of nitrogens with one attached hydrogen (secondary N) is 1. The van der Waals surface area contributed by atoms with Crippen LogP contribution in [0.4, 0.5) is 0 Å². The number of aromatic amines is 1. The Labute approximate surface area is 154 Å². The predicted octanol–water partition coefficient (Wildman–Crippen LogP) is 1.22. The van der Waals surface area contributed by atoms with Crippen molar-refractivity contribution in [3.8, 4) is 0 Å². The number of ether oxygens (including phenoxy) is 2. The van der Waals surface area contributed by atoms with Crippen LogP contribution in [0.2, 0.25) is 18.1 Å². The van der Waals surface area contributed by atoms with E-state index < -0.39 is 50.2 Å². The molecular weight excluding hydrogens is 356 g/mol. The highest BCUT2D eigenvalue weighted by atomic mass is 28.4. The molecular formula is C17H30N2O6Si. The lowest BCUT2D eigenvalue weighted by atomic mass is 10.1. The van der Waals surface area contributed by atoms with E-state index in [0.717, 1.165) is 0 Å². The van der Waals surface area contributed by atoms with Crippen molar-refractivity contribution in [2.45, 2.75) is 76.5 Å². The Morgan fingerprint density at radius 1 is 1.31 bits per heavy atom. The number of aliphatic hydroxyl groups is 1. The first kappa shape index (κ1) is 21.0. The van der Waals surface area contributed by atoms with E-state index >= 15 is 0 Å². The van der Waals surface area contributed by atoms with Gasteiger partial charge in [-0.25, -0.2) is 4.79 Å². The van der Waals surface area contributed by atoms with Gasteiger partial charge in [0, 0.05) is 19.4 Å². The minimum Gasteiger partial charge on any atom is -0.408 e. The van der Waals surface area contributed by atoms with E-state index in [-0.39, 0.29) is 5.04 Å². The molecule has 2 rings (SSSR count). The molecule has 5 atom stereocenters. The van der Waals surface area contributed by atoms with Crippen molar-refractivity contribution in [3.05, 3.63) is 33.1 Å². The quantitative estimate of drug-likeness (QED) is 0.738. The van der Waals surface area contributed by atoms with Crippen LogP contribution in [-0.4, -0.2) is 54.5 Å². The van der Waals surface area contributed by atoms with Crippen molar-refractivity contribution in [3.63, 3.8) is 0 Å². The van der Waals surface area contributed by atoms with Crippen LogP contribution in [0.15, 0.2) is 21.9 Å². The van der Waals surface area contributed by atoms with Gasteiger partial charge in [0.15, 0.2) is 14.5 Å². The molecule has 1 aliphatic heterocycles. The van der Waals surface area contributed by atoms with Crippen molar-refractivity contribution in [2.24, 2.45) is 0 Å². The highest BCUT2D eigenvalue weighted by molar-refractivity contribution is 6.74. The van der Waals surface area contributed by atoms with E-state index in [2.05, 4.69) is 38.8 Å². The first-order valence-electron chi connectivity index (χ1n) is 8.74. The van der Waals surface area contributed by atoms with Gasteiger partial charge >= 0.3 is 5.69 Å². The summed E-state index contributed by atoms with van der Waals surface area (Å²) in [6, 6.07) is 1.25. The molecule has 0 unspecified atom stereocenters. The van der Waals surface area contributed by atoms with Gasteiger partial charge in [-0.1, -0.05) is 20.8 Å². The molecule has 26 heavy (non-hydrogen) atoms. The average Bonchev–Trinajstić information content (AvgIpc) is 2.83. The molecule has 0 aromatic carbocycles. The molecule has 1 aromatic heterocycles. The summed E-state index contributed by atoms with van der Waals surface area (Å²) in [5.74, 6) is 0. The molecule has 0 amide bonds. The van der Waals surface area contributed by atoms with Crippen molar-refractivity contribution in [2.75, 3.05) is 7.11 Å². The van der Waals surface area contributed by atoms with E-state index in [9.17, 15) is 14.7 Å². The summed E-state index contributed by atoms with van der Waals surface area (Å²) in [4.78, 5) is 25.8. The summed E-state index contributed by atoms with van der Waals surface area (Å²) in [6.07, 6.45) is -2.05. The third-order valence-electron chi connectivity index (χ3n) is 5.34. The monoisotopic (exact) mass is 386 g/mol. The first-order valence-corrected chi connectivity index (χ1v) is 11.7. The highest BCUT2D eigenvalue weighted by Crippen LogP contribution is 2.42. The fraction of sp³-hybridized carbons (Fsp3) is 0.765. The Morgan fingerprint density at radius 2 is 1.92 bits per heavy atom. The zero-order chi connectivity index (χ0) is 19.9. The molecule has 1 saturated heterocycles. The number of aliphatic hydroxyl groups excluding tert-OH is 1. The maximum atomic E-state index is 12.2. The van der Waals surface area contributed by atoms with Crippen LogP contribution in [0.25, 0.3) is 0 Å². The maximum absolute atomic E-state index is 12.2. The summed E-state index contributed by atoms with van der Waals surface area (Å²) in [7, 11) is -0.667. The SMILES string of the molecule is CO[C@@H]1[C@H](O[Si](C)(C)C(C)(C)C)[C@@H]([C@H](C)O)O[C@H]1n1ccc(=O)[nH]c1=O. The second-order valence-electron chi connectivity index (χ2n) is 8.29. The highest BCUT2D eigenvalue weighted by Gasteiger charge is 2.52. The minimum absolute atomic E-state index is 0.0402. The normalized spacial score (nSPS) is 28.3. The van der Waals surface area contributed by atoms with Crippen LogP contribution in [-0.2, 0) is 13.9 Å². The molecule has 1 aliphatic rings. The molecule has 1 fully saturated rings. The van der Waals surface area contributed by atoms with Crippen molar-refractivity contribution in [1.82, 2.24) is 9.55 Å². The molecule has 148 valence electrons. The van der Waals surface area contributed by atoms with Crippen molar-refractivity contribution in [1.29, 1.82) is 0 Å². The van der Waals surface area contributed by atoms with Crippen LogP contribution in [0.3, 0.4) is 0 Å². The average molecular weight is 387 g/mol. The Kier molecular flexibility index (Phi) is 5.98. The first-order chi connectivity index (χ1) is 11.9. The second kappa shape index (κ2) is 7.39. The molecule has 0 saturated carbocycles. The maximum Gasteiger partial charge on any atom is 0.330 e. The number of H-pyrrole nitrogens is 1. The van der Waals surface area contributed by atoms with Crippen LogP contribution in [0.1, 0.15) is 33.9 Å². The number of hydrogen-bond donors (Lipinski definition) is 2. The zero-order valence-electron chi connectivity index (χ0n) is 16.5. The van der Waals surface area contributed by atoms with Gasteiger partial charge in [-0.3, -0.25) is 14.3 Å². The number of methoxy groups -OCH3 is 1. The molecule has 0 spiro atoms. The molecule has 2 heterocycles. The van der Waals surface area contributed by atoms with Crippen LogP contribution in [0, 0.1) is 0 Å². The summed E-state index contributed by atoms with van der Waals surface area (Å²) in [5.41, 5.74) is -1.08. The van der Waals surface area contributed by atoms with Crippen LogP contribution in [0.5, 0.6) is 0 Å². The van der Waals surface area contributed by atoms with Gasteiger partial charge in [-0.15, -0.1) is 0 Å². The zero-order valence-corrected chi connectivity index (χ0v) is 17.5. The van der Waals surface area contributed by atoms with E-state index in [1.54, 1.807) is 6.92 Å². The Bertz CT molecular complexity index is 736. The minimum atomic E-state index is -2.19. The van der Waals surface area contributed by atoms with Gasteiger partial charge in [0.25, 0.3) is 5.56 Å². The molecule has 0 aliphatic carbocycles. The van der Waals surface area contributed by atoms with Gasteiger partial charge in [0.05, 0.1) is 6.10 Å². The lowest BCUT2D eigenvalue weighted by Crippen LogP contribution is -2.51.